The molecule has 0 radical (unpaired) electrons. The first-order valence-corrected chi connectivity index (χ1v) is 9.50. The molecule has 2 aliphatic rings. The Morgan fingerprint density at radius 1 is 1.23 bits per heavy atom. The molecule has 0 N–H and O–H groups in total. The van der Waals surface area contributed by atoms with Crippen molar-refractivity contribution in [3.63, 3.8) is 0 Å². The van der Waals surface area contributed by atoms with Crippen LogP contribution in [0.1, 0.15) is 49.1 Å². The molecule has 1 unspecified atom stereocenters. The first-order valence-electron chi connectivity index (χ1n) is 9.50. The number of nitrogens with zero attached hydrogens (tertiary/aromatic N) is 2. The maximum atomic E-state index is 12.6. The van der Waals surface area contributed by atoms with Crippen LogP contribution in [0.5, 0.6) is 0 Å². The Morgan fingerprint density at radius 3 is 2.88 bits per heavy atom. The van der Waals surface area contributed by atoms with Gasteiger partial charge in [-0.1, -0.05) is 17.7 Å². The van der Waals surface area contributed by atoms with Crippen molar-refractivity contribution in [3.05, 3.63) is 41.3 Å². The molecule has 138 valence electrons. The van der Waals surface area contributed by atoms with E-state index in [0.717, 1.165) is 55.9 Å². The number of amides is 1. The number of rotatable bonds is 3. The Kier molecular flexibility index (Phi) is 4.57. The van der Waals surface area contributed by atoms with Crippen molar-refractivity contribution in [1.82, 2.24) is 9.88 Å². The van der Waals surface area contributed by atoms with E-state index in [2.05, 4.69) is 24.0 Å². The summed E-state index contributed by atoms with van der Waals surface area (Å²) in [5.41, 5.74) is 2.91. The van der Waals surface area contributed by atoms with Crippen LogP contribution in [0.25, 0.3) is 11.5 Å². The number of aromatic nitrogens is 1. The molecular weight excluding hydrogens is 328 g/mol. The van der Waals surface area contributed by atoms with Crippen molar-refractivity contribution in [3.8, 4) is 11.5 Å². The van der Waals surface area contributed by atoms with Gasteiger partial charge in [-0.15, -0.1) is 0 Å². The number of aryl methyl sites for hydroxylation is 2. The van der Waals surface area contributed by atoms with Crippen molar-refractivity contribution in [2.75, 3.05) is 13.2 Å². The molecule has 1 amide bonds. The van der Waals surface area contributed by atoms with Gasteiger partial charge in [0.15, 0.2) is 0 Å². The summed E-state index contributed by atoms with van der Waals surface area (Å²) in [6.07, 6.45) is 4.50. The molecule has 1 aromatic heterocycles. The van der Waals surface area contributed by atoms with E-state index in [1.807, 2.05) is 24.0 Å². The van der Waals surface area contributed by atoms with E-state index in [0.29, 0.717) is 18.9 Å². The summed E-state index contributed by atoms with van der Waals surface area (Å²) in [4.78, 5) is 19.2. The highest BCUT2D eigenvalue weighted by atomic mass is 16.5. The molecule has 5 nitrogen and oxygen atoms in total. The number of hydrogen-bond acceptors (Lipinski definition) is 4. The largest absolute Gasteiger partial charge is 0.441 e. The number of likely N-dealkylation sites (tertiary alicyclic amines) is 1. The monoisotopic (exact) mass is 354 g/mol. The third kappa shape index (κ3) is 3.40. The van der Waals surface area contributed by atoms with Crippen LogP contribution in [0.2, 0.25) is 0 Å². The van der Waals surface area contributed by atoms with Crippen LogP contribution in [0.3, 0.4) is 0 Å². The number of carbonyl (C=O) groups excluding carboxylic acids is 1. The molecule has 26 heavy (non-hydrogen) atoms. The number of hydrogen-bond donors (Lipinski definition) is 0. The van der Waals surface area contributed by atoms with E-state index in [1.165, 1.54) is 5.56 Å². The maximum absolute atomic E-state index is 12.6. The molecule has 2 aliphatic heterocycles. The zero-order chi connectivity index (χ0) is 18.1. The van der Waals surface area contributed by atoms with Gasteiger partial charge in [0.25, 0.3) is 0 Å². The van der Waals surface area contributed by atoms with Gasteiger partial charge in [-0.05, 0) is 51.7 Å². The van der Waals surface area contributed by atoms with Crippen LogP contribution in [0.4, 0.5) is 0 Å². The summed E-state index contributed by atoms with van der Waals surface area (Å²) in [6, 6.07) is 8.12. The first kappa shape index (κ1) is 17.3. The lowest BCUT2D eigenvalue weighted by atomic mass is 9.92. The van der Waals surface area contributed by atoms with E-state index >= 15 is 0 Å². The average molecular weight is 354 g/mol. The van der Waals surface area contributed by atoms with E-state index in [9.17, 15) is 4.79 Å². The Morgan fingerprint density at radius 2 is 2.12 bits per heavy atom. The quantitative estimate of drug-likeness (QED) is 0.835. The van der Waals surface area contributed by atoms with Gasteiger partial charge in [0.05, 0.1) is 12.1 Å². The van der Waals surface area contributed by atoms with Gasteiger partial charge in [-0.3, -0.25) is 4.79 Å². The lowest BCUT2D eigenvalue weighted by Gasteiger charge is -2.26. The predicted octanol–water partition coefficient (Wildman–Crippen LogP) is 4.02. The minimum atomic E-state index is -0.0734. The minimum absolute atomic E-state index is 0.0734. The zero-order valence-electron chi connectivity index (χ0n) is 15.6. The van der Waals surface area contributed by atoms with Crippen molar-refractivity contribution in [1.29, 1.82) is 0 Å². The van der Waals surface area contributed by atoms with E-state index in [4.69, 9.17) is 9.15 Å². The second-order valence-corrected chi connectivity index (χ2v) is 7.59. The van der Waals surface area contributed by atoms with Gasteiger partial charge in [-0.2, -0.15) is 0 Å². The van der Waals surface area contributed by atoms with Gasteiger partial charge < -0.3 is 14.1 Å². The fourth-order valence-electron chi connectivity index (χ4n) is 4.06. The van der Waals surface area contributed by atoms with Crippen LogP contribution in [-0.2, 0) is 16.1 Å². The molecule has 1 aromatic carbocycles. The molecule has 1 atom stereocenters. The van der Waals surface area contributed by atoms with Crippen LogP contribution in [0, 0.1) is 13.8 Å². The van der Waals surface area contributed by atoms with Crippen molar-refractivity contribution < 1.29 is 13.9 Å². The second-order valence-electron chi connectivity index (χ2n) is 7.59. The van der Waals surface area contributed by atoms with Crippen molar-refractivity contribution in [2.45, 2.75) is 58.1 Å². The summed E-state index contributed by atoms with van der Waals surface area (Å²) >= 11 is 0. The molecule has 0 bridgehead atoms. The predicted molar refractivity (Wildman–Crippen MR) is 98.6 cm³/mol. The maximum Gasteiger partial charge on any atom is 0.226 e. The highest BCUT2D eigenvalue weighted by molar-refractivity contribution is 5.76. The van der Waals surface area contributed by atoms with Crippen LogP contribution in [-0.4, -0.2) is 34.5 Å². The Labute approximate surface area is 154 Å². The van der Waals surface area contributed by atoms with Gasteiger partial charge in [0.2, 0.25) is 11.8 Å². The van der Waals surface area contributed by atoms with Gasteiger partial charge in [-0.25, -0.2) is 4.98 Å². The van der Waals surface area contributed by atoms with Crippen molar-refractivity contribution in [2.24, 2.45) is 0 Å². The highest BCUT2D eigenvalue weighted by Crippen LogP contribution is 2.36. The van der Waals surface area contributed by atoms with Gasteiger partial charge in [0.1, 0.15) is 11.5 Å². The van der Waals surface area contributed by atoms with E-state index in [1.54, 1.807) is 0 Å². The van der Waals surface area contributed by atoms with Gasteiger partial charge >= 0.3 is 0 Å². The van der Waals surface area contributed by atoms with Crippen LogP contribution < -0.4 is 0 Å². The third-order valence-electron chi connectivity index (χ3n) is 5.67. The Balaban J connectivity index is 1.51. The smallest absolute Gasteiger partial charge is 0.226 e. The molecule has 1 spiro atoms. The Hall–Kier alpha value is -2.14. The van der Waals surface area contributed by atoms with Crippen molar-refractivity contribution >= 4 is 5.91 Å². The van der Waals surface area contributed by atoms with Crippen LogP contribution in [0.15, 0.2) is 28.7 Å². The number of carbonyl (C=O) groups is 1. The third-order valence-corrected chi connectivity index (χ3v) is 5.67. The molecule has 0 aliphatic carbocycles. The molecular formula is C21H26N2O3. The molecule has 0 saturated carbocycles. The topological polar surface area (TPSA) is 55.6 Å². The lowest BCUT2D eigenvalue weighted by molar-refractivity contribution is -0.131. The van der Waals surface area contributed by atoms with E-state index < -0.39 is 0 Å². The summed E-state index contributed by atoms with van der Waals surface area (Å²) < 4.78 is 11.9. The zero-order valence-corrected chi connectivity index (χ0v) is 15.6. The first-order chi connectivity index (χ1) is 12.5. The molecule has 5 heteroatoms. The highest BCUT2D eigenvalue weighted by Gasteiger charge is 2.38. The van der Waals surface area contributed by atoms with Crippen LogP contribution >= 0.6 is 0 Å². The lowest BCUT2D eigenvalue weighted by Crippen LogP contribution is -2.32. The number of oxazole rings is 1. The number of ether oxygens (including phenoxy) is 1. The molecule has 4 rings (SSSR count). The SMILES string of the molecule is Cc1cccc(-c2nc(CN3CCC4(CCCO4)CCC3=O)c(C)o2)c1. The molecule has 3 heterocycles. The fraction of sp³-hybridized carbons (Fsp3) is 0.524. The summed E-state index contributed by atoms with van der Waals surface area (Å²) in [6.45, 7) is 6.04. The molecule has 2 aromatic rings. The molecule has 2 fully saturated rings. The normalized spacial score (nSPS) is 23.6. The van der Waals surface area contributed by atoms with E-state index in [-0.39, 0.29) is 11.5 Å². The minimum Gasteiger partial charge on any atom is -0.441 e. The summed E-state index contributed by atoms with van der Waals surface area (Å²) in [5, 5.41) is 0. The summed E-state index contributed by atoms with van der Waals surface area (Å²) in [7, 11) is 0. The average Bonchev–Trinajstić information content (AvgIpc) is 3.20. The Bertz CT molecular complexity index is 805. The van der Waals surface area contributed by atoms with Gasteiger partial charge in [0, 0.05) is 25.1 Å². The fourth-order valence-corrected chi connectivity index (χ4v) is 4.06. The summed E-state index contributed by atoms with van der Waals surface area (Å²) in [5.74, 6) is 1.60. The second kappa shape index (κ2) is 6.88. The standard InChI is InChI=1S/C21H26N2O3/c1-15-5-3-6-17(13-15)20-22-18(16(2)26-20)14-23-11-10-21(8-4-12-25-21)9-7-19(23)24/h3,5-6,13H,4,7-12,14H2,1-2H3. The molecule has 2 saturated heterocycles. The number of benzene rings is 1.